The van der Waals surface area contributed by atoms with Gasteiger partial charge in [-0.15, -0.1) is 0 Å². The molecule has 1 saturated carbocycles. The van der Waals surface area contributed by atoms with Gasteiger partial charge in [0.05, 0.1) is 6.61 Å². The van der Waals surface area contributed by atoms with Crippen molar-refractivity contribution in [2.75, 3.05) is 24.2 Å². The van der Waals surface area contributed by atoms with Crippen molar-refractivity contribution in [2.45, 2.75) is 39.5 Å². The van der Waals surface area contributed by atoms with Gasteiger partial charge in [0, 0.05) is 6.54 Å². The number of hydrogen-bond donors (Lipinski definition) is 2. The predicted octanol–water partition coefficient (Wildman–Crippen LogP) is 2.89. The van der Waals surface area contributed by atoms with Crippen LogP contribution in [0.5, 0.6) is 0 Å². The molecule has 6 heteroatoms. The lowest BCUT2D eigenvalue weighted by atomic mass is 10.0. The molecule has 1 aromatic heterocycles. The average Bonchev–Trinajstić information content (AvgIpc) is 3.03. The zero-order chi connectivity index (χ0) is 13.9. The van der Waals surface area contributed by atoms with E-state index in [9.17, 15) is 4.79 Å². The molecule has 0 radical (unpaired) electrons. The molecule has 0 bridgehead atoms. The first kappa shape index (κ1) is 14.1. The van der Waals surface area contributed by atoms with Gasteiger partial charge in [0.1, 0.15) is 10.6 Å². The van der Waals surface area contributed by atoms with Crippen molar-refractivity contribution in [1.82, 2.24) is 4.37 Å². The lowest BCUT2D eigenvalue weighted by molar-refractivity contribution is 0.0529. The Kier molecular flexibility index (Phi) is 4.29. The van der Waals surface area contributed by atoms with Gasteiger partial charge in [-0.1, -0.05) is 13.3 Å². The summed E-state index contributed by atoms with van der Waals surface area (Å²) in [5, 5.41) is 4.07. The average molecular weight is 283 g/mol. The minimum atomic E-state index is -0.392. The van der Waals surface area contributed by atoms with Crippen LogP contribution in [0.4, 0.5) is 10.8 Å². The number of carbonyl (C=O) groups is 1. The molecule has 0 aromatic carbocycles. The van der Waals surface area contributed by atoms with Crippen molar-refractivity contribution in [3.8, 4) is 0 Å². The van der Waals surface area contributed by atoms with E-state index in [0.29, 0.717) is 17.6 Å². The van der Waals surface area contributed by atoms with Crippen LogP contribution in [0.2, 0.25) is 0 Å². The van der Waals surface area contributed by atoms with Crippen LogP contribution < -0.4 is 11.1 Å². The Bertz CT molecular complexity index is 455. The number of nitrogen functional groups attached to an aromatic ring is 1. The fourth-order valence-electron chi connectivity index (χ4n) is 2.31. The van der Waals surface area contributed by atoms with E-state index in [1.165, 1.54) is 37.2 Å². The molecule has 1 fully saturated rings. The van der Waals surface area contributed by atoms with E-state index in [0.717, 1.165) is 11.5 Å². The molecule has 19 heavy (non-hydrogen) atoms. The van der Waals surface area contributed by atoms with Gasteiger partial charge < -0.3 is 15.8 Å². The summed E-state index contributed by atoms with van der Waals surface area (Å²) in [4.78, 5) is 11.8. The van der Waals surface area contributed by atoms with E-state index in [-0.39, 0.29) is 5.82 Å². The first-order valence-electron chi connectivity index (χ1n) is 6.78. The Morgan fingerprint density at radius 3 is 2.84 bits per heavy atom. The molecule has 2 rings (SSSR count). The summed E-state index contributed by atoms with van der Waals surface area (Å²) in [6.07, 6.45) is 4.94. The normalized spacial score (nSPS) is 16.1. The number of nitrogens with zero attached hydrogens (tertiary/aromatic N) is 1. The molecule has 1 aliphatic carbocycles. The second kappa shape index (κ2) is 5.77. The highest BCUT2D eigenvalue weighted by atomic mass is 32.1. The summed E-state index contributed by atoms with van der Waals surface area (Å²) in [5.74, 6) is -0.136. The number of nitrogens with one attached hydrogen (secondary N) is 1. The van der Waals surface area contributed by atoms with Crippen molar-refractivity contribution in [2.24, 2.45) is 5.41 Å². The van der Waals surface area contributed by atoms with Gasteiger partial charge in [-0.3, -0.25) is 0 Å². The van der Waals surface area contributed by atoms with Crippen LogP contribution in [0.3, 0.4) is 0 Å². The number of nitrogens with two attached hydrogens (primary N) is 1. The Labute approximate surface area is 117 Å². The van der Waals surface area contributed by atoms with Crippen molar-refractivity contribution in [3.63, 3.8) is 0 Å². The van der Waals surface area contributed by atoms with Crippen LogP contribution in [-0.2, 0) is 4.74 Å². The van der Waals surface area contributed by atoms with E-state index in [1.807, 2.05) is 0 Å². The zero-order valence-electron chi connectivity index (χ0n) is 11.5. The quantitative estimate of drug-likeness (QED) is 0.752. The molecular formula is C13H21N3O2S. The number of aromatic nitrogens is 1. The molecule has 1 aliphatic rings. The SMILES string of the molecule is CCCC1(CNc2snc(N)c2C(=O)OCC)CC1. The molecule has 3 N–H and O–H groups in total. The summed E-state index contributed by atoms with van der Waals surface area (Å²) in [6.45, 7) is 5.21. The third-order valence-electron chi connectivity index (χ3n) is 3.56. The molecule has 1 aromatic rings. The molecule has 0 amide bonds. The molecule has 5 nitrogen and oxygen atoms in total. The Balaban J connectivity index is 2.02. The van der Waals surface area contributed by atoms with Gasteiger partial charge in [-0.2, -0.15) is 4.37 Å². The third-order valence-corrected chi connectivity index (χ3v) is 4.38. The summed E-state index contributed by atoms with van der Waals surface area (Å²) in [5.41, 5.74) is 6.55. The second-order valence-corrected chi connectivity index (χ2v) is 5.87. The molecule has 0 aliphatic heterocycles. The first-order valence-corrected chi connectivity index (χ1v) is 7.55. The van der Waals surface area contributed by atoms with E-state index in [2.05, 4.69) is 16.6 Å². The summed E-state index contributed by atoms with van der Waals surface area (Å²) in [6, 6.07) is 0. The molecule has 0 unspecified atom stereocenters. The number of rotatable bonds is 7. The molecule has 0 saturated heterocycles. The maximum absolute atomic E-state index is 11.8. The van der Waals surface area contributed by atoms with Crippen molar-refractivity contribution in [1.29, 1.82) is 0 Å². The van der Waals surface area contributed by atoms with Gasteiger partial charge in [-0.25, -0.2) is 4.79 Å². The highest BCUT2D eigenvalue weighted by molar-refractivity contribution is 7.11. The number of carbonyl (C=O) groups excluding carboxylic acids is 1. The van der Waals surface area contributed by atoms with Gasteiger partial charge in [0.15, 0.2) is 5.82 Å². The summed E-state index contributed by atoms with van der Waals surface area (Å²) < 4.78 is 9.05. The van der Waals surface area contributed by atoms with Gasteiger partial charge >= 0.3 is 5.97 Å². The van der Waals surface area contributed by atoms with E-state index < -0.39 is 5.97 Å². The Morgan fingerprint density at radius 2 is 2.26 bits per heavy atom. The number of anilines is 2. The standard InChI is InChI=1S/C13H21N3O2S/c1-3-5-13(6-7-13)8-15-11-9(10(14)16-19-11)12(17)18-4-2/h15H,3-8H2,1-2H3,(H2,14,16). The van der Waals surface area contributed by atoms with Gasteiger partial charge in [0.2, 0.25) is 0 Å². The highest BCUT2D eigenvalue weighted by Crippen LogP contribution is 2.49. The minimum Gasteiger partial charge on any atom is -0.462 e. The first-order chi connectivity index (χ1) is 9.12. The van der Waals surface area contributed by atoms with Crippen LogP contribution in [0.25, 0.3) is 0 Å². The fourth-order valence-corrected chi connectivity index (χ4v) is 3.01. The predicted molar refractivity (Wildman–Crippen MR) is 77.5 cm³/mol. The molecular weight excluding hydrogens is 262 g/mol. The van der Waals surface area contributed by atoms with E-state index in [1.54, 1.807) is 6.92 Å². The third kappa shape index (κ3) is 3.18. The van der Waals surface area contributed by atoms with Crippen molar-refractivity contribution >= 4 is 28.3 Å². The number of hydrogen-bond acceptors (Lipinski definition) is 6. The fraction of sp³-hybridized carbons (Fsp3) is 0.692. The molecule has 0 spiro atoms. The Morgan fingerprint density at radius 1 is 1.53 bits per heavy atom. The summed E-state index contributed by atoms with van der Waals surface area (Å²) >= 11 is 1.23. The highest BCUT2D eigenvalue weighted by Gasteiger charge is 2.41. The second-order valence-electron chi connectivity index (χ2n) is 5.10. The minimum absolute atomic E-state index is 0.256. The summed E-state index contributed by atoms with van der Waals surface area (Å²) in [7, 11) is 0. The van der Waals surface area contributed by atoms with Crippen LogP contribution in [0, 0.1) is 5.41 Å². The van der Waals surface area contributed by atoms with E-state index in [4.69, 9.17) is 10.5 Å². The number of esters is 1. The number of ether oxygens (including phenoxy) is 1. The largest absolute Gasteiger partial charge is 0.462 e. The maximum atomic E-state index is 11.8. The monoisotopic (exact) mass is 283 g/mol. The van der Waals surface area contributed by atoms with Gasteiger partial charge in [0.25, 0.3) is 0 Å². The van der Waals surface area contributed by atoms with Crippen LogP contribution in [0.15, 0.2) is 0 Å². The lowest BCUT2D eigenvalue weighted by Gasteiger charge is -2.15. The van der Waals surface area contributed by atoms with E-state index >= 15 is 0 Å². The molecule has 1 heterocycles. The zero-order valence-corrected chi connectivity index (χ0v) is 12.3. The molecule has 106 valence electrons. The van der Waals surface area contributed by atoms with Crippen molar-refractivity contribution < 1.29 is 9.53 Å². The van der Waals surface area contributed by atoms with Crippen LogP contribution in [0.1, 0.15) is 49.9 Å². The van der Waals surface area contributed by atoms with Crippen LogP contribution >= 0.6 is 11.5 Å². The van der Waals surface area contributed by atoms with Crippen molar-refractivity contribution in [3.05, 3.63) is 5.56 Å². The lowest BCUT2D eigenvalue weighted by Crippen LogP contribution is -2.17. The smallest absolute Gasteiger partial charge is 0.344 e. The van der Waals surface area contributed by atoms with Crippen LogP contribution in [-0.4, -0.2) is 23.5 Å². The van der Waals surface area contributed by atoms with Gasteiger partial charge in [-0.05, 0) is 43.1 Å². The topological polar surface area (TPSA) is 77.2 Å². The maximum Gasteiger partial charge on any atom is 0.344 e. The Hall–Kier alpha value is -1.30. The molecule has 0 atom stereocenters.